The highest BCUT2D eigenvalue weighted by atomic mass is 19.1. The summed E-state index contributed by atoms with van der Waals surface area (Å²) in [5.74, 6) is -0.198. The molecule has 1 heterocycles. The normalized spacial score (nSPS) is 10.8. The number of aryl methyl sites for hydroxylation is 1. The molecule has 0 aliphatic rings. The fraction of sp³-hybridized carbons (Fsp3) is 0.308. The van der Waals surface area contributed by atoms with Gasteiger partial charge in [0.05, 0.1) is 11.9 Å². The van der Waals surface area contributed by atoms with Crippen molar-refractivity contribution in [3.8, 4) is 5.69 Å². The van der Waals surface area contributed by atoms with E-state index >= 15 is 0 Å². The lowest BCUT2D eigenvalue weighted by Gasteiger charge is -2.10. The van der Waals surface area contributed by atoms with Crippen molar-refractivity contribution >= 4 is 0 Å². The maximum Gasteiger partial charge on any atom is 0.129 e. The fourth-order valence-electron chi connectivity index (χ4n) is 1.73. The van der Waals surface area contributed by atoms with Crippen LogP contribution in [0.2, 0.25) is 0 Å². The minimum atomic E-state index is -0.198. The van der Waals surface area contributed by atoms with Gasteiger partial charge in [0.15, 0.2) is 0 Å². The molecule has 17 heavy (non-hydrogen) atoms. The van der Waals surface area contributed by atoms with Gasteiger partial charge in [0.1, 0.15) is 5.82 Å². The molecule has 0 bridgehead atoms. The van der Waals surface area contributed by atoms with Gasteiger partial charge in [-0.1, -0.05) is 13.0 Å². The van der Waals surface area contributed by atoms with Gasteiger partial charge in [-0.15, -0.1) is 0 Å². The third-order valence-corrected chi connectivity index (χ3v) is 2.60. The largest absolute Gasteiger partial charge is 0.313 e. The van der Waals surface area contributed by atoms with Crippen LogP contribution in [0.25, 0.3) is 5.69 Å². The molecule has 0 amide bonds. The van der Waals surface area contributed by atoms with Gasteiger partial charge in [0, 0.05) is 18.3 Å². The molecule has 0 aliphatic heterocycles. The Bertz CT molecular complexity index is 505. The molecule has 0 unspecified atom stereocenters. The summed E-state index contributed by atoms with van der Waals surface area (Å²) in [7, 11) is 0. The van der Waals surface area contributed by atoms with E-state index < -0.39 is 0 Å². The lowest BCUT2D eigenvalue weighted by atomic mass is 10.1. The highest BCUT2D eigenvalue weighted by Crippen LogP contribution is 2.17. The molecule has 0 spiro atoms. The predicted molar refractivity (Wildman–Crippen MR) is 65.6 cm³/mol. The molecule has 90 valence electrons. The quantitative estimate of drug-likeness (QED) is 0.879. The average molecular weight is 233 g/mol. The van der Waals surface area contributed by atoms with E-state index in [4.69, 9.17) is 0 Å². The zero-order chi connectivity index (χ0) is 12.3. The first-order valence-electron chi connectivity index (χ1n) is 5.72. The molecule has 0 atom stereocenters. The van der Waals surface area contributed by atoms with Crippen molar-refractivity contribution in [2.75, 3.05) is 6.54 Å². The van der Waals surface area contributed by atoms with Gasteiger partial charge in [-0.2, -0.15) is 5.10 Å². The number of rotatable bonds is 4. The summed E-state index contributed by atoms with van der Waals surface area (Å²) in [5.41, 5.74) is 2.50. The van der Waals surface area contributed by atoms with E-state index in [0.29, 0.717) is 12.1 Å². The zero-order valence-electron chi connectivity index (χ0n) is 10.1. The van der Waals surface area contributed by atoms with E-state index in [0.717, 1.165) is 17.8 Å². The molecule has 1 N–H and O–H groups in total. The van der Waals surface area contributed by atoms with Crippen LogP contribution in [0.4, 0.5) is 4.39 Å². The van der Waals surface area contributed by atoms with Crippen LogP contribution < -0.4 is 5.32 Å². The second kappa shape index (κ2) is 5.10. The van der Waals surface area contributed by atoms with Crippen molar-refractivity contribution in [1.29, 1.82) is 0 Å². The molecular formula is C13H16FN3. The van der Waals surface area contributed by atoms with Crippen LogP contribution in [-0.4, -0.2) is 16.3 Å². The average Bonchev–Trinajstić information content (AvgIpc) is 2.74. The van der Waals surface area contributed by atoms with Crippen molar-refractivity contribution in [2.45, 2.75) is 20.4 Å². The number of benzene rings is 1. The Morgan fingerprint density at radius 1 is 1.41 bits per heavy atom. The van der Waals surface area contributed by atoms with Crippen LogP contribution >= 0.6 is 0 Å². The third kappa shape index (κ3) is 2.53. The molecule has 0 saturated heterocycles. The summed E-state index contributed by atoms with van der Waals surface area (Å²) in [5, 5.41) is 7.36. The van der Waals surface area contributed by atoms with E-state index in [-0.39, 0.29) is 5.82 Å². The van der Waals surface area contributed by atoms with Crippen molar-refractivity contribution < 1.29 is 4.39 Å². The van der Waals surface area contributed by atoms with Crippen LogP contribution in [0.1, 0.15) is 18.1 Å². The Morgan fingerprint density at radius 2 is 2.24 bits per heavy atom. The molecule has 3 nitrogen and oxygen atoms in total. The summed E-state index contributed by atoms with van der Waals surface area (Å²) in [6, 6.07) is 5.06. The smallest absolute Gasteiger partial charge is 0.129 e. The fourth-order valence-corrected chi connectivity index (χ4v) is 1.73. The summed E-state index contributed by atoms with van der Waals surface area (Å²) in [6.45, 7) is 5.29. The monoisotopic (exact) mass is 233 g/mol. The second-order valence-corrected chi connectivity index (χ2v) is 3.98. The molecule has 0 radical (unpaired) electrons. The van der Waals surface area contributed by atoms with Gasteiger partial charge in [-0.3, -0.25) is 0 Å². The molecule has 1 aromatic carbocycles. The van der Waals surface area contributed by atoms with Gasteiger partial charge in [0.2, 0.25) is 0 Å². The predicted octanol–water partition coefficient (Wildman–Crippen LogP) is 2.43. The molecule has 1 aromatic heterocycles. The third-order valence-electron chi connectivity index (χ3n) is 2.60. The first-order valence-corrected chi connectivity index (χ1v) is 5.72. The Labute approximate surface area is 100 Å². The second-order valence-electron chi connectivity index (χ2n) is 3.98. The summed E-state index contributed by atoms with van der Waals surface area (Å²) >= 11 is 0. The molecule has 4 heteroatoms. The maximum absolute atomic E-state index is 13.8. The highest BCUT2D eigenvalue weighted by molar-refractivity contribution is 5.41. The SMILES string of the molecule is CCNCc1c(F)cccc1-n1cc(C)cn1. The molecule has 2 rings (SSSR count). The van der Waals surface area contributed by atoms with Gasteiger partial charge < -0.3 is 5.32 Å². The van der Waals surface area contributed by atoms with Crippen molar-refractivity contribution in [3.05, 3.63) is 47.5 Å². The topological polar surface area (TPSA) is 29.9 Å². The first kappa shape index (κ1) is 11.8. The molecule has 0 saturated carbocycles. The number of hydrogen-bond acceptors (Lipinski definition) is 2. The number of hydrogen-bond donors (Lipinski definition) is 1. The van der Waals surface area contributed by atoms with E-state index in [9.17, 15) is 4.39 Å². The lowest BCUT2D eigenvalue weighted by molar-refractivity contribution is 0.589. The van der Waals surface area contributed by atoms with Gasteiger partial charge >= 0.3 is 0 Å². The Morgan fingerprint density at radius 3 is 2.88 bits per heavy atom. The maximum atomic E-state index is 13.8. The van der Waals surface area contributed by atoms with Crippen molar-refractivity contribution in [3.63, 3.8) is 0 Å². The van der Waals surface area contributed by atoms with Crippen LogP contribution in [0, 0.1) is 12.7 Å². The number of nitrogens with zero attached hydrogens (tertiary/aromatic N) is 2. The van der Waals surface area contributed by atoms with E-state index in [2.05, 4.69) is 10.4 Å². The Kier molecular flexibility index (Phi) is 3.54. The zero-order valence-corrected chi connectivity index (χ0v) is 10.1. The van der Waals surface area contributed by atoms with Crippen LogP contribution in [-0.2, 0) is 6.54 Å². The molecule has 2 aromatic rings. The Hall–Kier alpha value is -1.68. The Balaban J connectivity index is 2.42. The van der Waals surface area contributed by atoms with Gasteiger partial charge in [-0.05, 0) is 31.2 Å². The molecule has 0 fully saturated rings. The van der Waals surface area contributed by atoms with Crippen LogP contribution in [0.15, 0.2) is 30.6 Å². The van der Waals surface area contributed by atoms with Gasteiger partial charge in [-0.25, -0.2) is 9.07 Å². The van der Waals surface area contributed by atoms with E-state index in [1.807, 2.05) is 26.1 Å². The molecule has 0 aliphatic carbocycles. The first-order chi connectivity index (χ1) is 8.22. The minimum Gasteiger partial charge on any atom is -0.313 e. The number of nitrogens with one attached hydrogen (secondary N) is 1. The van der Waals surface area contributed by atoms with E-state index in [1.165, 1.54) is 6.07 Å². The van der Waals surface area contributed by atoms with Gasteiger partial charge in [0.25, 0.3) is 0 Å². The minimum absolute atomic E-state index is 0.198. The van der Waals surface area contributed by atoms with Crippen molar-refractivity contribution in [2.24, 2.45) is 0 Å². The highest BCUT2D eigenvalue weighted by Gasteiger charge is 2.10. The summed E-state index contributed by atoms with van der Waals surface area (Å²) < 4.78 is 15.5. The van der Waals surface area contributed by atoms with Crippen molar-refractivity contribution in [1.82, 2.24) is 15.1 Å². The summed E-state index contributed by atoms with van der Waals surface area (Å²) in [6.07, 6.45) is 3.66. The van der Waals surface area contributed by atoms with Crippen LogP contribution in [0.5, 0.6) is 0 Å². The standard InChI is InChI=1S/C13H16FN3/c1-3-15-8-11-12(14)5-4-6-13(11)17-9-10(2)7-16-17/h4-7,9,15H,3,8H2,1-2H3. The lowest BCUT2D eigenvalue weighted by Crippen LogP contribution is -2.15. The van der Waals surface area contributed by atoms with Crippen LogP contribution in [0.3, 0.4) is 0 Å². The summed E-state index contributed by atoms with van der Waals surface area (Å²) in [4.78, 5) is 0. The van der Waals surface area contributed by atoms with E-state index in [1.54, 1.807) is 16.9 Å². The number of halogens is 1. The number of aromatic nitrogens is 2. The molecular weight excluding hydrogens is 217 g/mol.